The van der Waals surface area contributed by atoms with E-state index in [2.05, 4.69) is 21.7 Å². The summed E-state index contributed by atoms with van der Waals surface area (Å²) in [5, 5.41) is 7.76. The summed E-state index contributed by atoms with van der Waals surface area (Å²) >= 11 is 1.30. The lowest BCUT2D eigenvalue weighted by atomic mass is 10.1. The number of nitrogens with zero attached hydrogens (tertiary/aromatic N) is 1. The van der Waals surface area contributed by atoms with Gasteiger partial charge in [0.1, 0.15) is 23.8 Å². The third-order valence-corrected chi connectivity index (χ3v) is 5.49. The Morgan fingerprint density at radius 3 is 2.76 bits per heavy atom. The topological polar surface area (TPSA) is 93.5 Å². The van der Waals surface area contributed by atoms with Crippen LogP contribution in [0.3, 0.4) is 0 Å². The fourth-order valence-corrected chi connectivity index (χ4v) is 3.83. The molecule has 2 aromatic carbocycles. The minimum Gasteiger partial charge on any atom is -0.489 e. The first-order chi connectivity index (χ1) is 16.0. The van der Waals surface area contributed by atoms with E-state index >= 15 is 0 Å². The molecule has 2 aromatic heterocycles. The van der Waals surface area contributed by atoms with Gasteiger partial charge in [0.15, 0.2) is 10.9 Å². The van der Waals surface area contributed by atoms with Gasteiger partial charge in [-0.3, -0.25) is 14.9 Å². The molecule has 0 bridgehead atoms. The lowest BCUT2D eigenvalue weighted by molar-refractivity contribution is -0.119. The number of carbonyl (C=O) groups is 2. The molecule has 4 rings (SSSR count). The molecule has 0 radical (unpaired) electrons. The van der Waals surface area contributed by atoms with Crippen molar-refractivity contribution in [2.45, 2.75) is 27.0 Å². The number of ether oxygens (including phenoxy) is 1. The number of anilines is 1. The molecular formula is C25H23N3O4S. The van der Waals surface area contributed by atoms with Crippen molar-refractivity contribution in [1.82, 2.24) is 10.3 Å². The van der Waals surface area contributed by atoms with Crippen molar-refractivity contribution in [2.24, 2.45) is 0 Å². The van der Waals surface area contributed by atoms with Gasteiger partial charge < -0.3 is 14.5 Å². The van der Waals surface area contributed by atoms with Crippen molar-refractivity contribution in [3.05, 3.63) is 88.5 Å². The number of thiazole rings is 1. The monoisotopic (exact) mass is 461 g/mol. The van der Waals surface area contributed by atoms with E-state index in [9.17, 15) is 9.59 Å². The lowest BCUT2D eigenvalue weighted by Gasteiger charge is -2.08. The highest BCUT2D eigenvalue weighted by Gasteiger charge is 2.13. The number of carbonyl (C=O) groups excluding carboxylic acids is 2. The lowest BCUT2D eigenvalue weighted by Crippen LogP contribution is -2.18. The van der Waals surface area contributed by atoms with Gasteiger partial charge in [-0.25, -0.2) is 4.98 Å². The van der Waals surface area contributed by atoms with Gasteiger partial charge in [0.25, 0.3) is 5.91 Å². The van der Waals surface area contributed by atoms with Gasteiger partial charge in [0.05, 0.1) is 6.54 Å². The molecule has 8 heteroatoms. The average Bonchev–Trinajstić information content (AvgIpc) is 3.46. The fourth-order valence-electron chi connectivity index (χ4n) is 3.13. The van der Waals surface area contributed by atoms with Crippen LogP contribution < -0.4 is 15.4 Å². The molecule has 0 saturated carbocycles. The Bertz CT molecular complexity index is 1280. The van der Waals surface area contributed by atoms with Crippen LogP contribution in [-0.4, -0.2) is 16.8 Å². The van der Waals surface area contributed by atoms with Gasteiger partial charge in [0.2, 0.25) is 5.91 Å². The van der Waals surface area contributed by atoms with Crippen LogP contribution in [0.15, 0.2) is 70.5 Å². The number of aryl methyl sites for hydroxylation is 1. The van der Waals surface area contributed by atoms with Gasteiger partial charge >= 0.3 is 0 Å². The molecule has 0 fully saturated rings. The molecule has 2 amide bonds. The molecule has 7 nitrogen and oxygen atoms in total. The second-order valence-electron chi connectivity index (χ2n) is 7.47. The largest absolute Gasteiger partial charge is 0.489 e. The van der Waals surface area contributed by atoms with Crippen molar-refractivity contribution in [1.29, 1.82) is 0 Å². The van der Waals surface area contributed by atoms with Gasteiger partial charge in [-0.15, -0.1) is 11.3 Å². The second-order valence-corrected chi connectivity index (χ2v) is 8.33. The normalized spacial score (nSPS) is 10.6. The molecule has 0 aliphatic heterocycles. The summed E-state index contributed by atoms with van der Waals surface area (Å²) in [6.07, 6.45) is 0. The quantitative estimate of drug-likeness (QED) is 0.377. The molecule has 33 heavy (non-hydrogen) atoms. The van der Waals surface area contributed by atoms with Gasteiger partial charge in [0, 0.05) is 17.9 Å². The number of hydrogen-bond acceptors (Lipinski definition) is 6. The number of aromatic nitrogens is 1. The Kier molecular flexibility index (Phi) is 6.85. The first-order valence-electron chi connectivity index (χ1n) is 10.3. The van der Waals surface area contributed by atoms with Crippen LogP contribution >= 0.6 is 11.3 Å². The summed E-state index contributed by atoms with van der Waals surface area (Å²) in [7, 11) is 0. The molecule has 0 unspecified atom stereocenters. The number of furan rings is 1. The van der Waals surface area contributed by atoms with Crippen molar-refractivity contribution < 1.29 is 18.7 Å². The molecule has 2 N–H and O–H groups in total. The van der Waals surface area contributed by atoms with Crippen LogP contribution in [0, 0.1) is 6.92 Å². The maximum absolute atomic E-state index is 12.7. The predicted molar refractivity (Wildman–Crippen MR) is 127 cm³/mol. The zero-order valence-electron chi connectivity index (χ0n) is 18.3. The number of hydrogen-bond donors (Lipinski definition) is 2. The Hall–Kier alpha value is -3.91. The minimum absolute atomic E-state index is 0.128. The molecule has 2 heterocycles. The molecule has 4 aromatic rings. The fraction of sp³-hybridized carbons (Fsp3) is 0.160. The molecule has 0 aliphatic carbocycles. The smallest absolute Gasteiger partial charge is 0.257 e. The van der Waals surface area contributed by atoms with Crippen LogP contribution in [0.5, 0.6) is 5.75 Å². The van der Waals surface area contributed by atoms with Crippen molar-refractivity contribution in [2.75, 3.05) is 5.32 Å². The van der Waals surface area contributed by atoms with E-state index in [0.717, 1.165) is 5.56 Å². The third kappa shape index (κ3) is 6.08. The number of amides is 2. The van der Waals surface area contributed by atoms with Crippen LogP contribution in [0.25, 0.3) is 11.5 Å². The summed E-state index contributed by atoms with van der Waals surface area (Å²) in [5.41, 5.74) is 3.33. The van der Waals surface area contributed by atoms with E-state index in [1.54, 1.807) is 35.7 Å². The van der Waals surface area contributed by atoms with E-state index in [-0.39, 0.29) is 11.8 Å². The molecule has 0 aliphatic rings. The Morgan fingerprint density at radius 1 is 1.09 bits per heavy atom. The first-order valence-corrected chi connectivity index (χ1v) is 11.2. The summed E-state index contributed by atoms with van der Waals surface area (Å²) in [5.74, 6) is 1.41. The summed E-state index contributed by atoms with van der Waals surface area (Å²) < 4.78 is 11.6. The van der Waals surface area contributed by atoms with Crippen LogP contribution in [0.2, 0.25) is 0 Å². The summed E-state index contributed by atoms with van der Waals surface area (Å²) in [4.78, 5) is 28.2. The molecular weight excluding hydrogens is 438 g/mol. The highest BCUT2D eigenvalue weighted by Crippen LogP contribution is 2.27. The van der Waals surface area contributed by atoms with Crippen LogP contribution in [0.4, 0.5) is 5.13 Å². The number of rotatable bonds is 8. The highest BCUT2D eigenvalue weighted by molar-refractivity contribution is 7.14. The van der Waals surface area contributed by atoms with Crippen molar-refractivity contribution in [3.8, 4) is 17.2 Å². The van der Waals surface area contributed by atoms with E-state index in [4.69, 9.17) is 9.15 Å². The van der Waals surface area contributed by atoms with E-state index in [0.29, 0.717) is 46.8 Å². The summed E-state index contributed by atoms with van der Waals surface area (Å²) in [6.45, 7) is 4.22. The van der Waals surface area contributed by atoms with E-state index in [1.807, 2.05) is 31.2 Å². The first kappa shape index (κ1) is 22.3. The van der Waals surface area contributed by atoms with Gasteiger partial charge in [-0.1, -0.05) is 35.9 Å². The van der Waals surface area contributed by atoms with E-state index < -0.39 is 0 Å². The molecule has 0 spiro atoms. The van der Waals surface area contributed by atoms with Crippen LogP contribution in [0.1, 0.15) is 34.2 Å². The number of benzene rings is 2. The van der Waals surface area contributed by atoms with Gasteiger partial charge in [-0.05, 0) is 42.8 Å². The summed E-state index contributed by atoms with van der Waals surface area (Å²) in [6, 6.07) is 18.7. The second kappa shape index (κ2) is 10.1. The third-order valence-electron chi connectivity index (χ3n) is 4.73. The maximum atomic E-state index is 12.7. The Morgan fingerprint density at radius 2 is 1.94 bits per heavy atom. The average molecular weight is 462 g/mol. The van der Waals surface area contributed by atoms with E-state index in [1.165, 1.54) is 23.8 Å². The zero-order valence-corrected chi connectivity index (χ0v) is 19.1. The SMILES string of the molecule is CC(=O)NCc1ccc(-c2csc(NC(=O)c3cccc(OCc4cccc(C)c4)c3)n2)o1. The van der Waals surface area contributed by atoms with Crippen molar-refractivity contribution >= 4 is 28.3 Å². The maximum Gasteiger partial charge on any atom is 0.257 e. The highest BCUT2D eigenvalue weighted by atomic mass is 32.1. The van der Waals surface area contributed by atoms with Crippen molar-refractivity contribution in [3.63, 3.8) is 0 Å². The Balaban J connectivity index is 1.37. The standard InChI is InChI=1S/C25H23N3O4S/c1-16-5-3-6-18(11-16)14-31-20-8-4-7-19(12-20)24(30)28-25-27-22(15-33-25)23-10-9-21(32-23)13-26-17(2)29/h3-12,15H,13-14H2,1-2H3,(H,26,29)(H,27,28,30). The van der Waals surface area contributed by atoms with Gasteiger partial charge in [-0.2, -0.15) is 0 Å². The number of nitrogens with one attached hydrogen (secondary N) is 2. The Labute approximate surface area is 195 Å². The zero-order chi connectivity index (χ0) is 23.2. The predicted octanol–water partition coefficient (Wildman–Crippen LogP) is 5.18. The van der Waals surface area contributed by atoms with Crippen LogP contribution in [-0.2, 0) is 17.9 Å². The molecule has 0 atom stereocenters. The molecule has 0 saturated heterocycles. The minimum atomic E-state index is -0.275. The molecule has 168 valence electrons.